The Balaban J connectivity index is 2.15. The van der Waals surface area contributed by atoms with Crippen molar-refractivity contribution in [3.63, 3.8) is 0 Å². The highest BCUT2D eigenvalue weighted by molar-refractivity contribution is 9.10. The molecule has 0 spiro atoms. The minimum absolute atomic E-state index is 0.00385. The van der Waals surface area contributed by atoms with Crippen molar-refractivity contribution in [2.75, 3.05) is 7.11 Å². The van der Waals surface area contributed by atoms with Gasteiger partial charge in [-0.15, -0.1) is 0 Å². The second kappa shape index (κ2) is 9.44. The molecule has 0 saturated carbocycles. The van der Waals surface area contributed by atoms with Crippen molar-refractivity contribution in [3.05, 3.63) is 57.6 Å². The summed E-state index contributed by atoms with van der Waals surface area (Å²) in [6.07, 6.45) is 0. The molecule has 4 nitrogen and oxygen atoms in total. The minimum Gasteiger partial charge on any atom is -0.493 e. The Hall–Kier alpha value is -1.34. The van der Waals surface area contributed by atoms with Gasteiger partial charge in [-0.25, -0.2) is 0 Å². The van der Waals surface area contributed by atoms with Crippen molar-refractivity contribution in [1.82, 2.24) is 0 Å². The number of aliphatic hydroxyl groups is 1. The van der Waals surface area contributed by atoms with Crippen LogP contribution in [0, 0.1) is 0 Å². The number of methoxy groups -OCH3 is 1. The van der Waals surface area contributed by atoms with Gasteiger partial charge in [-0.2, -0.15) is 0 Å². The van der Waals surface area contributed by atoms with E-state index in [9.17, 15) is 5.11 Å². The number of halogens is 1. The number of benzene rings is 2. The van der Waals surface area contributed by atoms with Gasteiger partial charge in [0.15, 0.2) is 19.8 Å². The van der Waals surface area contributed by atoms with Crippen LogP contribution in [0.3, 0.4) is 0 Å². The Morgan fingerprint density at radius 2 is 1.64 bits per heavy atom. The van der Waals surface area contributed by atoms with E-state index in [0.717, 1.165) is 21.2 Å². The molecule has 0 saturated heterocycles. The van der Waals surface area contributed by atoms with E-state index in [1.807, 2.05) is 36.4 Å². The van der Waals surface area contributed by atoms with Gasteiger partial charge in [0.1, 0.15) is 6.61 Å². The molecule has 0 amide bonds. The molecule has 0 bridgehead atoms. The fraction of sp³-hybridized carbons (Fsp3) is 0.455. The normalized spacial score (nSPS) is 12.1. The predicted octanol–water partition coefficient (Wildman–Crippen LogP) is 6.05. The first-order valence-corrected chi connectivity index (χ1v) is 13.1. The third kappa shape index (κ3) is 5.83. The second-order valence-corrected chi connectivity index (χ2v) is 14.1. The van der Waals surface area contributed by atoms with Crippen molar-refractivity contribution in [1.29, 1.82) is 0 Å². The lowest BCUT2D eigenvalue weighted by atomic mass is 10.1. The summed E-state index contributed by atoms with van der Waals surface area (Å²) in [7, 11) is -0.183. The van der Waals surface area contributed by atoms with E-state index in [2.05, 4.69) is 49.8 Å². The van der Waals surface area contributed by atoms with Crippen molar-refractivity contribution in [2.24, 2.45) is 0 Å². The molecule has 0 fully saturated rings. The average Bonchev–Trinajstić information content (AvgIpc) is 2.65. The van der Waals surface area contributed by atoms with E-state index in [4.69, 9.17) is 13.9 Å². The second-order valence-electron chi connectivity index (χ2n) is 8.41. The van der Waals surface area contributed by atoms with Gasteiger partial charge >= 0.3 is 0 Å². The minimum atomic E-state index is -1.82. The number of hydrogen-bond donors (Lipinski definition) is 1. The Morgan fingerprint density at radius 3 is 2.25 bits per heavy atom. The lowest BCUT2D eigenvalue weighted by molar-refractivity contribution is 0.268. The molecular weight excluding hydrogens is 436 g/mol. The maximum atomic E-state index is 9.35. The molecule has 1 N–H and O–H groups in total. The van der Waals surface area contributed by atoms with Crippen molar-refractivity contribution in [3.8, 4) is 11.5 Å². The summed E-state index contributed by atoms with van der Waals surface area (Å²) >= 11 is 3.54. The van der Waals surface area contributed by atoms with E-state index in [0.29, 0.717) is 24.7 Å². The standard InChI is InChI=1S/C22H31BrO4Si/c1-22(2,3)28(5,6)27-14-17-8-10-20(25-4)21(12-17)26-15-18-11-16(13-24)7-9-19(18)23/h7-12,24H,13-15H2,1-6H3. The lowest BCUT2D eigenvalue weighted by Gasteiger charge is -2.36. The fourth-order valence-electron chi connectivity index (χ4n) is 2.40. The van der Waals surface area contributed by atoms with E-state index < -0.39 is 8.32 Å². The summed E-state index contributed by atoms with van der Waals surface area (Å²) in [5, 5.41) is 9.52. The molecule has 0 atom stereocenters. The molecule has 0 unspecified atom stereocenters. The highest BCUT2D eigenvalue weighted by Gasteiger charge is 2.37. The van der Waals surface area contributed by atoms with Gasteiger partial charge in [0.2, 0.25) is 0 Å². The first-order valence-electron chi connectivity index (χ1n) is 9.39. The van der Waals surface area contributed by atoms with Crippen molar-refractivity contribution < 1.29 is 19.0 Å². The van der Waals surface area contributed by atoms with E-state index in [-0.39, 0.29) is 11.6 Å². The first-order chi connectivity index (χ1) is 13.1. The molecule has 0 heterocycles. The molecule has 2 aromatic rings. The summed E-state index contributed by atoms with van der Waals surface area (Å²) < 4.78 is 18.8. The highest BCUT2D eigenvalue weighted by atomic mass is 79.9. The van der Waals surface area contributed by atoms with Gasteiger partial charge in [-0.1, -0.05) is 48.8 Å². The van der Waals surface area contributed by atoms with Gasteiger partial charge < -0.3 is 19.0 Å². The molecule has 2 aromatic carbocycles. The molecule has 2 rings (SSSR count). The zero-order chi connectivity index (χ0) is 20.9. The summed E-state index contributed by atoms with van der Waals surface area (Å²) in [6.45, 7) is 12.1. The summed E-state index contributed by atoms with van der Waals surface area (Å²) in [4.78, 5) is 0. The Kier molecular flexibility index (Phi) is 7.73. The zero-order valence-corrected chi connectivity index (χ0v) is 20.2. The molecule has 0 aliphatic rings. The molecule has 0 aliphatic heterocycles. The SMILES string of the molecule is COc1ccc(CO[Si](C)(C)C(C)(C)C)cc1OCc1cc(CO)ccc1Br. The largest absolute Gasteiger partial charge is 0.493 e. The third-order valence-electron chi connectivity index (χ3n) is 5.31. The number of ether oxygens (including phenoxy) is 2. The predicted molar refractivity (Wildman–Crippen MR) is 119 cm³/mol. The number of aliphatic hydroxyl groups excluding tert-OH is 1. The fourth-order valence-corrected chi connectivity index (χ4v) is 3.72. The molecule has 6 heteroatoms. The molecule has 154 valence electrons. The number of hydrogen-bond acceptors (Lipinski definition) is 4. The van der Waals surface area contributed by atoms with Crippen LogP contribution in [-0.2, 0) is 24.2 Å². The van der Waals surface area contributed by atoms with Gasteiger partial charge in [0.25, 0.3) is 0 Å². The summed E-state index contributed by atoms with van der Waals surface area (Å²) in [5.74, 6) is 1.37. The van der Waals surface area contributed by atoms with Crippen LogP contribution < -0.4 is 9.47 Å². The van der Waals surface area contributed by atoms with E-state index in [1.54, 1.807) is 7.11 Å². The van der Waals surface area contributed by atoms with Crippen molar-refractivity contribution >= 4 is 24.2 Å². The zero-order valence-electron chi connectivity index (χ0n) is 17.6. The smallest absolute Gasteiger partial charge is 0.192 e. The van der Waals surface area contributed by atoms with Crippen LogP contribution in [0.1, 0.15) is 37.5 Å². The van der Waals surface area contributed by atoms with Crippen LogP contribution in [0.15, 0.2) is 40.9 Å². The van der Waals surface area contributed by atoms with Crippen LogP contribution in [0.25, 0.3) is 0 Å². The maximum Gasteiger partial charge on any atom is 0.192 e. The first kappa shape index (κ1) is 22.9. The summed E-state index contributed by atoms with van der Waals surface area (Å²) in [6, 6.07) is 11.6. The topological polar surface area (TPSA) is 47.9 Å². The van der Waals surface area contributed by atoms with Gasteiger partial charge in [0, 0.05) is 10.0 Å². The van der Waals surface area contributed by atoms with Crippen molar-refractivity contribution in [2.45, 2.75) is 58.7 Å². The maximum absolute atomic E-state index is 9.35. The lowest BCUT2D eigenvalue weighted by Crippen LogP contribution is -2.40. The van der Waals surface area contributed by atoms with Gasteiger partial charge in [-0.05, 0) is 53.5 Å². The molecule has 0 aliphatic carbocycles. The van der Waals surface area contributed by atoms with Gasteiger partial charge in [0.05, 0.1) is 20.3 Å². The van der Waals surface area contributed by atoms with Gasteiger partial charge in [-0.3, -0.25) is 0 Å². The Morgan fingerprint density at radius 1 is 0.964 bits per heavy atom. The van der Waals surface area contributed by atoms with E-state index in [1.165, 1.54) is 0 Å². The van der Waals surface area contributed by atoms with Crippen LogP contribution in [0.4, 0.5) is 0 Å². The van der Waals surface area contributed by atoms with Crippen LogP contribution in [0.2, 0.25) is 18.1 Å². The molecule has 0 aromatic heterocycles. The number of rotatable bonds is 8. The quantitative estimate of drug-likeness (QED) is 0.480. The van der Waals surface area contributed by atoms with Crippen LogP contribution >= 0.6 is 15.9 Å². The molecule has 28 heavy (non-hydrogen) atoms. The monoisotopic (exact) mass is 466 g/mol. The Labute approximate surface area is 178 Å². The Bertz CT molecular complexity index is 800. The van der Waals surface area contributed by atoms with Crippen LogP contribution in [-0.4, -0.2) is 20.5 Å². The highest BCUT2D eigenvalue weighted by Crippen LogP contribution is 2.37. The third-order valence-corrected chi connectivity index (χ3v) is 10.6. The molecule has 0 radical (unpaired) electrons. The van der Waals surface area contributed by atoms with Crippen LogP contribution in [0.5, 0.6) is 11.5 Å². The van der Waals surface area contributed by atoms with E-state index >= 15 is 0 Å². The summed E-state index contributed by atoms with van der Waals surface area (Å²) in [5.41, 5.74) is 2.88. The average molecular weight is 467 g/mol. The molecular formula is C22H31BrO4Si.